The number of carbonyl (C=O) groups is 1. The van der Waals surface area contributed by atoms with Crippen molar-refractivity contribution in [3.8, 4) is 0 Å². The Morgan fingerprint density at radius 3 is 2.70 bits per heavy atom. The highest BCUT2D eigenvalue weighted by molar-refractivity contribution is 9.10. The molecule has 2 aromatic rings. The second-order valence-electron chi connectivity index (χ2n) is 4.07. The molecule has 0 atom stereocenters. The maximum Gasteiger partial charge on any atom is 0.256 e. The SMILES string of the molecule is CSCc1ccc(C(=O)Nc2ncc(F)cc2Br)cc1. The molecule has 0 bridgehead atoms. The second kappa shape index (κ2) is 6.85. The van der Waals surface area contributed by atoms with Crippen molar-refractivity contribution >= 4 is 39.4 Å². The average molecular weight is 355 g/mol. The number of nitrogens with zero attached hydrogens (tertiary/aromatic N) is 1. The van der Waals surface area contributed by atoms with Crippen molar-refractivity contribution in [3.63, 3.8) is 0 Å². The Morgan fingerprint density at radius 2 is 2.10 bits per heavy atom. The van der Waals surface area contributed by atoms with Gasteiger partial charge in [0.05, 0.1) is 10.7 Å². The first-order chi connectivity index (χ1) is 9.60. The number of pyridine rings is 1. The van der Waals surface area contributed by atoms with Gasteiger partial charge in [-0.3, -0.25) is 4.79 Å². The summed E-state index contributed by atoms with van der Waals surface area (Å²) in [6.07, 6.45) is 3.08. The smallest absolute Gasteiger partial charge is 0.256 e. The van der Waals surface area contributed by atoms with Gasteiger partial charge in [0.15, 0.2) is 0 Å². The molecule has 0 unspecified atom stereocenters. The van der Waals surface area contributed by atoms with Gasteiger partial charge in [0.25, 0.3) is 5.91 Å². The molecule has 1 heterocycles. The predicted molar refractivity (Wildman–Crippen MR) is 83.5 cm³/mol. The zero-order valence-electron chi connectivity index (χ0n) is 10.7. The van der Waals surface area contributed by atoms with Gasteiger partial charge >= 0.3 is 0 Å². The third-order valence-corrected chi connectivity index (χ3v) is 3.79. The fraction of sp³-hybridized carbons (Fsp3) is 0.143. The van der Waals surface area contributed by atoms with Crippen LogP contribution in [0.2, 0.25) is 0 Å². The highest BCUT2D eigenvalue weighted by Gasteiger charge is 2.10. The molecular weight excluding hydrogens is 343 g/mol. The number of amides is 1. The molecule has 1 aromatic carbocycles. The van der Waals surface area contributed by atoms with Gasteiger partial charge in [0.1, 0.15) is 11.6 Å². The van der Waals surface area contributed by atoms with Crippen LogP contribution in [0, 0.1) is 5.82 Å². The molecule has 1 aromatic heterocycles. The van der Waals surface area contributed by atoms with E-state index in [1.807, 2.05) is 18.4 Å². The van der Waals surface area contributed by atoms with Crippen LogP contribution in [0.1, 0.15) is 15.9 Å². The van der Waals surface area contributed by atoms with Gasteiger partial charge in [-0.1, -0.05) is 12.1 Å². The van der Waals surface area contributed by atoms with E-state index in [4.69, 9.17) is 0 Å². The summed E-state index contributed by atoms with van der Waals surface area (Å²) in [6, 6.07) is 8.61. The van der Waals surface area contributed by atoms with Gasteiger partial charge in [0, 0.05) is 11.3 Å². The lowest BCUT2D eigenvalue weighted by molar-refractivity contribution is 0.102. The van der Waals surface area contributed by atoms with Crippen LogP contribution in [0.5, 0.6) is 0 Å². The number of nitrogens with one attached hydrogen (secondary N) is 1. The normalized spacial score (nSPS) is 10.3. The first-order valence-electron chi connectivity index (χ1n) is 5.80. The van der Waals surface area contributed by atoms with Crippen LogP contribution in [0.25, 0.3) is 0 Å². The number of aromatic nitrogens is 1. The maximum absolute atomic E-state index is 12.9. The van der Waals surface area contributed by atoms with Crippen molar-refractivity contribution in [2.24, 2.45) is 0 Å². The van der Waals surface area contributed by atoms with E-state index in [9.17, 15) is 9.18 Å². The summed E-state index contributed by atoms with van der Waals surface area (Å²) in [5, 5.41) is 2.64. The third kappa shape index (κ3) is 3.80. The molecule has 0 radical (unpaired) electrons. The molecule has 6 heteroatoms. The minimum atomic E-state index is -0.462. The zero-order valence-corrected chi connectivity index (χ0v) is 13.1. The van der Waals surface area contributed by atoms with Crippen molar-refractivity contribution in [2.45, 2.75) is 5.75 Å². The quantitative estimate of drug-likeness (QED) is 0.898. The molecule has 104 valence electrons. The number of halogens is 2. The van der Waals surface area contributed by atoms with Gasteiger partial charge in [-0.15, -0.1) is 0 Å². The number of anilines is 1. The fourth-order valence-corrected chi connectivity index (χ4v) is 2.55. The van der Waals surface area contributed by atoms with Crippen molar-refractivity contribution in [2.75, 3.05) is 11.6 Å². The lowest BCUT2D eigenvalue weighted by atomic mass is 10.1. The van der Waals surface area contributed by atoms with E-state index < -0.39 is 5.82 Å². The van der Waals surface area contributed by atoms with Crippen molar-refractivity contribution in [1.82, 2.24) is 4.98 Å². The van der Waals surface area contributed by atoms with Crippen molar-refractivity contribution in [1.29, 1.82) is 0 Å². The molecule has 0 saturated carbocycles. The molecule has 1 N–H and O–H groups in total. The number of carbonyl (C=O) groups excluding carboxylic acids is 1. The maximum atomic E-state index is 12.9. The van der Waals surface area contributed by atoms with E-state index in [1.54, 1.807) is 23.9 Å². The lowest BCUT2D eigenvalue weighted by Crippen LogP contribution is -2.13. The molecule has 2 rings (SSSR count). The van der Waals surface area contributed by atoms with Gasteiger partial charge in [0.2, 0.25) is 0 Å². The Hall–Kier alpha value is -1.40. The van der Waals surface area contributed by atoms with E-state index in [0.717, 1.165) is 17.5 Å². The Morgan fingerprint density at radius 1 is 1.40 bits per heavy atom. The van der Waals surface area contributed by atoms with Crippen LogP contribution < -0.4 is 5.32 Å². The summed E-state index contributed by atoms with van der Waals surface area (Å²) in [5.41, 5.74) is 1.70. The largest absolute Gasteiger partial charge is 0.306 e. The minimum Gasteiger partial charge on any atom is -0.306 e. The van der Waals surface area contributed by atoms with Crippen LogP contribution in [-0.2, 0) is 5.75 Å². The van der Waals surface area contributed by atoms with Gasteiger partial charge < -0.3 is 5.32 Å². The molecule has 0 saturated heterocycles. The van der Waals surface area contributed by atoms with Crippen molar-refractivity contribution < 1.29 is 9.18 Å². The molecule has 0 aliphatic heterocycles. The Kier molecular flexibility index (Phi) is 5.14. The number of hydrogen-bond donors (Lipinski definition) is 1. The molecular formula is C14H12BrFN2OS. The van der Waals surface area contributed by atoms with Crippen LogP contribution >= 0.6 is 27.7 Å². The molecule has 0 aliphatic carbocycles. The van der Waals surface area contributed by atoms with Gasteiger partial charge in [-0.25, -0.2) is 9.37 Å². The topological polar surface area (TPSA) is 42.0 Å². The standard InChI is InChI=1S/C14H12BrFN2OS/c1-20-8-9-2-4-10(5-3-9)14(19)18-13-12(15)6-11(16)7-17-13/h2-7H,8H2,1H3,(H,17,18,19). The summed E-state index contributed by atoms with van der Waals surface area (Å²) in [7, 11) is 0. The monoisotopic (exact) mass is 354 g/mol. The molecule has 0 spiro atoms. The number of benzene rings is 1. The van der Waals surface area contributed by atoms with Gasteiger partial charge in [-0.05, 0) is 45.9 Å². The summed E-state index contributed by atoms with van der Waals surface area (Å²) < 4.78 is 13.3. The molecule has 0 aliphatic rings. The zero-order chi connectivity index (χ0) is 14.5. The highest BCUT2D eigenvalue weighted by Crippen LogP contribution is 2.21. The first-order valence-corrected chi connectivity index (χ1v) is 7.99. The number of rotatable bonds is 4. The second-order valence-corrected chi connectivity index (χ2v) is 5.79. The lowest BCUT2D eigenvalue weighted by Gasteiger charge is -2.07. The summed E-state index contributed by atoms with van der Waals surface area (Å²) in [5.74, 6) is 0.467. The molecule has 3 nitrogen and oxygen atoms in total. The molecule has 0 fully saturated rings. The molecule has 1 amide bonds. The average Bonchev–Trinajstić information content (AvgIpc) is 2.43. The summed E-state index contributed by atoms with van der Waals surface area (Å²) in [4.78, 5) is 15.9. The summed E-state index contributed by atoms with van der Waals surface area (Å²) in [6.45, 7) is 0. The van der Waals surface area contributed by atoms with Crippen LogP contribution in [0.15, 0.2) is 41.0 Å². The first kappa shape index (κ1) is 15.0. The number of hydrogen-bond acceptors (Lipinski definition) is 3. The predicted octanol–water partition coefficient (Wildman–Crippen LogP) is 4.10. The van der Waals surface area contributed by atoms with Crippen LogP contribution in [0.3, 0.4) is 0 Å². The molecule has 20 heavy (non-hydrogen) atoms. The van der Waals surface area contributed by atoms with E-state index in [0.29, 0.717) is 15.9 Å². The van der Waals surface area contributed by atoms with Crippen LogP contribution in [-0.4, -0.2) is 17.1 Å². The Labute approximate surface area is 129 Å². The van der Waals surface area contributed by atoms with Crippen molar-refractivity contribution in [3.05, 3.63) is 57.9 Å². The number of thioether (sulfide) groups is 1. The van der Waals surface area contributed by atoms with E-state index in [1.165, 1.54) is 6.07 Å². The van der Waals surface area contributed by atoms with Gasteiger partial charge in [-0.2, -0.15) is 11.8 Å². The third-order valence-electron chi connectivity index (χ3n) is 2.57. The van der Waals surface area contributed by atoms with E-state index in [2.05, 4.69) is 26.2 Å². The minimum absolute atomic E-state index is 0.277. The fourth-order valence-electron chi connectivity index (χ4n) is 1.61. The Bertz CT molecular complexity index is 619. The Balaban J connectivity index is 2.11. The van der Waals surface area contributed by atoms with E-state index >= 15 is 0 Å². The highest BCUT2D eigenvalue weighted by atomic mass is 79.9. The van der Waals surface area contributed by atoms with E-state index in [-0.39, 0.29) is 5.91 Å². The summed E-state index contributed by atoms with van der Waals surface area (Å²) >= 11 is 4.88. The van der Waals surface area contributed by atoms with Crippen LogP contribution in [0.4, 0.5) is 10.2 Å².